The van der Waals surface area contributed by atoms with Crippen LogP contribution in [0.2, 0.25) is 0 Å². The summed E-state index contributed by atoms with van der Waals surface area (Å²) in [5.41, 5.74) is -0.196. The maximum absolute atomic E-state index is 11.9. The quantitative estimate of drug-likeness (QED) is 0.672. The number of hydrogen-bond acceptors (Lipinski definition) is 4. The Morgan fingerprint density at radius 2 is 2.06 bits per heavy atom. The van der Waals surface area contributed by atoms with Gasteiger partial charge in [0.15, 0.2) is 0 Å². The monoisotopic (exact) mass is 273 g/mol. The van der Waals surface area contributed by atoms with Crippen LogP contribution in [0, 0.1) is 5.41 Å². The van der Waals surface area contributed by atoms with Gasteiger partial charge in [-0.3, -0.25) is 0 Å². The Labute approximate surface area is 108 Å². The molecule has 102 valence electrons. The predicted octanol–water partition coefficient (Wildman–Crippen LogP) is 0.295. The van der Waals surface area contributed by atoms with Gasteiger partial charge in [-0.05, 0) is 12.2 Å². The predicted molar refractivity (Wildman–Crippen MR) is 70.2 cm³/mol. The van der Waals surface area contributed by atoms with Gasteiger partial charge < -0.3 is 10.2 Å². The molecule has 0 aromatic heterocycles. The van der Waals surface area contributed by atoms with Crippen LogP contribution in [-0.4, -0.2) is 37.9 Å². The molecule has 0 radical (unpaired) electrons. The zero-order valence-electron chi connectivity index (χ0n) is 10.5. The van der Waals surface area contributed by atoms with Gasteiger partial charge in [-0.2, -0.15) is 0 Å². The Hall–Kier alpha value is -0.950. The standard InChI is InChI=1S/C12H19NO4S/c1-12(2)6-3-4-11(5-7-12)18(16,17)13-8-10(15)9-14/h3-7,10,13-15H,8-9H2,1-2H3. The van der Waals surface area contributed by atoms with Crippen LogP contribution in [0.4, 0.5) is 0 Å². The summed E-state index contributed by atoms with van der Waals surface area (Å²) in [5.74, 6) is 0. The third-order valence-electron chi connectivity index (χ3n) is 2.49. The van der Waals surface area contributed by atoms with E-state index in [2.05, 4.69) is 4.72 Å². The van der Waals surface area contributed by atoms with Crippen molar-refractivity contribution in [1.82, 2.24) is 4.72 Å². The van der Waals surface area contributed by atoms with Crippen LogP contribution in [0.5, 0.6) is 0 Å². The molecule has 0 aromatic carbocycles. The zero-order valence-corrected chi connectivity index (χ0v) is 11.3. The molecule has 0 spiro atoms. The molecule has 0 amide bonds. The summed E-state index contributed by atoms with van der Waals surface area (Å²) >= 11 is 0. The van der Waals surface area contributed by atoms with Crippen molar-refractivity contribution in [3.05, 3.63) is 35.3 Å². The molecule has 1 unspecified atom stereocenters. The van der Waals surface area contributed by atoms with Crippen molar-refractivity contribution in [2.75, 3.05) is 13.2 Å². The average molecular weight is 273 g/mol. The van der Waals surface area contributed by atoms with E-state index in [1.165, 1.54) is 12.2 Å². The highest BCUT2D eigenvalue weighted by Gasteiger charge is 2.19. The Balaban J connectivity index is 2.81. The molecule has 0 saturated carbocycles. The number of hydrogen-bond donors (Lipinski definition) is 3. The molecule has 1 atom stereocenters. The van der Waals surface area contributed by atoms with Crippen molar-refractivity contribution in [3.8, 4) is 0 Å². The third-order valence-corrected chi connectivity index (χ3v) is 3.93. The molecule has 0 aliphatic heterocycles. The number of aliphatic hydroxyl groups excluding tert-OH is 2. The van der Waals surface area contributed by atoms with Crippen LogP contribution >= 0.6 is 0 Å². The summed E-state index contributed by atoms with van der Waals surface area (Å²) in [6.07, 6.45) is 7.32. The smallest absolute Gasteiger partial charge is 0.240 e. The Morgan fingerprint density at radius 1 is 1.39 bits per heavy atom. The maximum Gasteiger partial charge on any atom is 0.240 e. The normalized spacial score (nSPS) is 20.3. The first-order chi connectivity index (χ1) is 8.27. The minimum atomic E-state index is -3.66. The second-order valence-electron chi connectivity index (χ2n) is 4.77. The molecule has 0 heterocycles. The number of aliphatic hydroxyl groups is 2. The van der Waals surface area contributed by atoms with Gasteiger partial charge in [0.2, 0.25) is 10.0 Å². The van der Waals surface area contributed by atoms with E-state index < -0.39 is 22.7 Å². The average Bonchev–Trinajstić information content (AvgIpc) is 2.47. The zero-order chi connectivity index (χ0) is 13.8. The van der Waals surface area contributed by atoms with Crippen LogP contribution in [-0.2, 0) is 10.0 Å². The Bertz CT molecular complexity index is 474. The van der Waals surface area contributed by atoms with E-state index in [0.717, 1.165) is 0 Å². The number of nitrogens with one attached hydrogen (secondary N) is 1. The lowest BCUT2D eigenvalue weighted by Gasteiger charge is -2.13. The Kier molecular flexibility index (Phi) is 4.86. The number of rotatable bonds is 5. The van der Waals surface area contributed by atoms with E-state index in [1.54, 1.807) is 12.2 Å². The molecule has 3 N–H and O–H groups in total. The van der Waals surface area contributed by atoms with Crippen LogP contribution in [0.3, 0.4) is 0 Å². The minimum absolute atomic E-state index is 0.134. The van der Waals surface area contributed by atoms with Crippen molar-refractivity contribution in [1.29, 1.82) is 0 Å². The van der Waals surface area contributed by atoms with Gasteiger partial charge in [-0.1, -0.05) is 32.1 Å². The fraction of sp³-hybridized carbons (Fsp3) is 0.500. The molecule has 5 nitrogen and oxygen atoms in total. The lowest BCUT2D eigenvalue weighted by molar-refractivity contribution is 0.0989. The van der Waals surface area contributed by atoms with E-state index in [1.807, 2.05) is 19.9 Å². The van der Waals surface area contributed by atoms with E-state index >= 15 is 0 Å². The van der Waals surface area contributed by atoms with E-state index in [-0.39, 0.29) is 16.9 Å². The van der Waals surface area contributed by atoms with Gasteiger partial charge in [-0.15, -0.1) is 0 Å². The molecule has 1 rings (SSSR count). The van der Waals surface area contributed by atoms with Gasteiger partial charge in [0.05, 0.1) is 17.6 Å². The number of allylic oxidation sites excluding steroid dienone is 5. The summed E-state index contributed by atoms with van der Waals surface area (Å²) in [6, 6.07) is 0. The largest absolute Gasteiger partial charge is 0.394 e. The lowest BCUT2D eigenvalue weighted by Crippen LogP contribution is -2.34. The van der Waals surface area contributed by atoms with Crippen LogP contribution in [0.1, 0.15) is 13.8 Å². The molecular weight excluding hydrogens is 254 g/mol. The third kappa shape index (κ3) is 4.38. The molecule has 6 heteroatoms. The molecule has 0 saturated heterocycles. The Morgan fingerprint density at radius 3 is 2.67 bits per heavy atom. The SMILES string of the molecule is CC1(C)C=CC=C(S(=O)(=O)NCC(O)CO)C=C1. The van der Waals surface area contributed by atoms with Crippen molar-refractivity contribution in [3.63, 3.8) is 0 Å². The highest BCUT2D eigenvalue weighted by molar-refractivity contribution is 7.93. The highest BCUT2D eigenvalue weighted by Crippen LogP contribution is 2.23. The first-order valence-electron chi connectivity index (χ1n) is 5.64. The van der Waals surface area contributed by atoms with Gasteiger partial charge in [0, 0.05) is 12.0 Å². The van der Waals surface area contributed by atoms with Crippen molar-refractivity contribution >= 4 is 10.0 Å². The summed E-state index contributed by atoms with van der Waals surface area (Å²) in [6.45, 7) is 3.24. The first kappa shape index (κ1) is 15.1. The van der Waals surface area contributed by atoms with Gasteiger partial charge in [0.1, 0.15) is 0 Å². The summed E-state index contributed by atoms with van der Waals surface area (Å²) in [4.78, 5) is 0.134. The van der Waals surface area contributed by atoms with Crippen LogP contribution in [0.25, 0.3) is 0 Å². The van der Waals surface area contributed by atoms with E-state index in [9.17, 15) is 8.42 Å². The first-order valence-corrected chi connectivity index (χ1v) is 7.12. The summed E-state index contributed by atoms with van der Waals surface area (Å²) in [5, 5.41) is 17.8. The molecule has 1 aliphatic carbocycles. The fourth-order valence-corrected chi connectivity index (χ4v) is 2.42. The topological polar surface area (TPSA) is 86.6 Å². The minimum Gasteiger partial charge on any atom is -0.394 e. The van der Waals surface area contributed by atoms with Gasteiger partial charge in [-0.25, -0.2) is 13.1 Å². The molecule has 1 aliphatic rings. The second kappa shape index (κ2) is 5.79. The maximum atomic E-state index is 11.9. The number of sulfonamides is 1. The molecule has 0 fully saturated rings. The van der Waals surface area contributed by atoms with E-state index in [0.29, 0.717) is 0 Å². The highest BCUT2D eigenvalue weighted by atomic mass is 32.2. The van der Waals surface area contributed by atoms with Crippen molar-refractivity contribution in [2.45, 2.75) is 20.0 Å². The molecular formula is C12H19NO4S. The fourth-order valence-electron chi connectivity index (χ4n) is 1.33. The van der Waals surface area contributed by atoms with Gasteiger partial charge in [0.25, 0.3) is 0 Å². The van der Waals surface area contributed by atoms with Gasteiger partial charge >= 0.3 is 0 Å². The second-order valence-corrected chi connectivity index (χ2v) is 6.54. The van der Waals surface area contributed by atoms with Crippen molar-refractivity contribution in [2.24, 2.45) is 5.41 Å². The van der Waals surface area contributed by atoms with E-state index in [4.69, 9.17) is 10.2 Å². The van der Waals surface area contributed by atoms with Crippen LogP contribution < -0.4 is 4.72 Å². The molecule has 0 aromatic rings. The van der Waals surface area contributed by atoms with Crippen molar-refractivity contribution < 1.29 is 18.6 Å². The summed E-state index contributed by atoms with van der Waals surface area (Å²) in [7, 11) is -3.66. The molecule has 0 bridgehead atoms. The van der Waals surface area contributed by atoms with Crippen LogP contribution in [0.15, 0.2) is 35.3 Å². The molecule has 18 heavy (non-hydrogen) atoms. The lowest BCUT2D eigenvalue weighted by atomic mass is 9.93. The summed E-state index contributed by atoms with van der Waals surface area (Å²) < 4.78 is 26.1.